The minimum Gasteiger partial charge on any atom is -0.444 e. The number of nitrogen functional groups attached to an aromatic ring is 1. The van der Waals surface area contributed by atoms with Gasteiger partial charge in [0.15, 0.2) is 11.5 Å². The third kappa shape index (κ3) is 3.91. The molecule has 4 N–H and O–H groups in total. The van der Waals surface area contributed by atoms with Gasteiger partial charge in [-0.05, 0) is 35.7 Å². The van der Waals surface area contributed by atoms with E-state index in [4.69, 9.17) is 16.2 Å². The molecule has 1 aliphatic heterocycles. The zero-order valence-corrected chi connectivity index (χ0v) is 16.8. The number of carbonyl (C=O) groups is 2. The van der Waals surface area contributed by atoms with Crippen molar-refractivity contribution in [1.29, 1.82) is 0 Å². The largest absolute Gasteiger partial charge is 0.444 e. The maximum absolute atomic E-state index is 14.8. The number of carbonyl (C=O) groups excluding carboxylic acids is 2. The number of amides is 2. The van der Waals surface area contributed by atoms with Gasteiger partial charge in [-0.1, -0.05) is 36.4 Å². The van der Waals surface area contributed by atoms with E-state index in [9.17, 15) is 14.0 Å². The van der Waals surface area contributed by atoms with Crippen LogP contribution < -0.4 is 16.4 Å². The van der Waals surface area contributed by atoms with Crippen LogP contribution in [0.3, 0.4) is 0 Å². The highest BCUT2D eigenvalue weighted by atomic mass is 19.1. The number of nitrogens with zero attached hydrogens (tertiary/aromatic N) is 4. The second-order valence-electron chi connectivity index (χ2n) is 7.23. The molecule has 2 heterocycles. The summed E-state index contributed by atoms with van der Waals surface area (Å²) in [5.74, 6) is -1.10. The van der Waals surface area contributed by atoms with Crippen LogP contribution in [-0.4, -0.2) is 39.6 Å². The van der Waals surface area contributed by atoms with Crippen LogP contribution in [0.15, 0.2) is 42.5 Å². The first kappa shape index (κ1) is 20.3. The van der Waals surface area contributed by atoms with Gasteiger partial charge in [-0.15, -0.1) is 5.10 Å². The van der Waals surface area contributed by atoms with Crippen LogP contribution >= 0.6 is 0 Å². The van der Waals surface area contributed by atoms with Crippen LogP contribution in [-0.2, 0) is 11.3 Å². The second kappa shape index (κ2) is 8.05. The summed E-state index contributed by atoms with van der Waals surface area (Å²) in [5, 5.41) is 7.50. The van der Waals surface area contributed by atoms with Crippen LogP contribution in [0.1, 0.15) is 29.4 Å². The van der Waals surface area contributed by atoms with E-state index in [1.54, 1.807) is 36.4 Å². The number of halogens is 1. The Bertz CT molecular complexity index is 1140. The summed E-state index contributed by atoms with van der Waals surface area (Å²) in [6, 6.07) is 11.8. The van der Waals surface area contributed by atoms with Gasteiger partial charge >= 0.3 is 6.09 Å². The van der Waals surface area contributed by atoms with Crippen LogP contribution in [0.25, 0.3) is 11.1 Å². The van der Waals surface area contributed by atoms with E-state index in [2.05, 4.69) is 10.3 Å². The number of ether oxygens (including phenoxy) is 1. The fraction of sp³-hybridized carbons (Fsp3) is 0.238. The number of rotatable bonds is 6. The van der Waals surface area contributed by atoms with Gasteiger partial charge in [-0.3, -0.25) is 9.69 Å². The van der Waals surface area contributed by atoms with Gasteiger partial charge in [0.1, 0.15) is 11.9 Å². The minimum atomic E-state index is -0.745. The summed E-state index contributed by atoms with van der Waals surface area (Å²) in [6.45, 7) is 2.62. The van der Waals surface area contributed by atoms with Crippen LogP contribution in [0.2, 0.25) is 0 Å². The number of cyclic esters (lactones) is 1. The Morgan fingerprint density at radius 1 is 1.26 bits per heavy atom. The average Bonchev–Trinajstić information content (AvgIpc) is 3.31. The Hall–Kier alpha value is -3.95. The van der Waals surface area contributed by atoms with Crippen LogP contribution in [0.4, 0.5) is 20.7 Å². The quantitative estimate of drug-likeness (QED) is 0.626. The predicted octanol–water partition coefficient (Wildman–Crippen LogP) is 2.55. The van der Waals surface area contributed by atoms with Crippen molar-refractivity contribution in [3.63, 3.8) is 0 Å². The van der Waals surface area contributed by atoms with Crippen molar-refractivity contribution in [2.45, 2.75) is 26.0 Å². The van der Waals surface area contributed by atoms with Crippen molar-refractivity contribution in [2.24, 2.45) is 5.73 Å². The zero-order valence-electron chi connectivity index (χ0n) is 16.8. The van der Waals surface area contributed by atoms with Crippen molar-refractivity contribution in [2.75, 3.05) is 17.2 Å². The molecule has 0 radical (unpaired) electrons. The number of anilines is 2. The zero-order chi connectivity index (χ0) is 22.1. The molecule has 1 atom stereocenters. The van der Waals surface area contributed by atoms with Crippen LogP contribution in [0.5, 0.6) is 0 Å². The maximum Gasteiger partial charge on any atom is 0.414 e. The first-order chi connectivity index (χ1) is 14.9. The molecule has 0 aliphatic carbocycles. The van der Waals surface area contributed by atoms with Gasteiger partial charge in [0.2, 0.25) is 0 Å². The Balaban J connectivity index is 1.51. The van der Waals surface area contributed by atoms with Crippen molar-refractivity contribution < 1.29 is 18.7 Å². The summed E-state index contributed by atoms with van der Waals surface area (Å²) >= 11 is 0. The lowest BCUT2D eigenvalue weighted by atomic mass is 10.0. The molecule has 0 bridgehead atoms. The van der Waals surface area contributed by atoms with Crippen molar-refractivity contribution in [1.82, 2.24) is 15.0 Å². The molecule has 160 valence electrons. The number of hydrogen-bond acceptors (Lipinski definition) is 6. The molecule has 0 unspecified atom stereocenters. The predicted molar refractivity (Wildman–Crippen MR) is 112 cm³/mol. The molecule has 1 fully saturated rings. The molecule has 1 saturated heterocycles. The molecule has 2 amide bonds. The van der Waals surface area contributed by atoms with E-state index in [1.807, 2.05) is 6.92 Å². The first-order valence-electron chi connectivity index (χ1n) is 9.73. The maximum atomic E-state index is 14.8. The van der Waals surface area contributed by atoms with E-state index in [1.165, 1.54) is 15.6 Å². The van der Waals surface area contributed by atoms with Gasteiger partial charge in [-0.2, -0.15) is 0 Å². The lowest BCUT2D eigenvalue weighted by molar-refractivity contribution is 0.0996. The monoisotopic (exact) mass is 424 g/mol. The summed E-state index contributed by atoms with van der Waals surface area (Å²) in [6.07, 6.45) is 0.0651. The molecule has 31 heavy (non-hydrogen) atoms. The molecule has 2 aromatic carbocycles. The number of benzene rings is 2. The molecule has 0 saturated carbocycles. The number of aromatic nitrogens is 3. The Kier molecular flexibility index (Phi) is 5.28. The molecular weight excluding hydrogens is 403 g/mol. The number of hydrogen-bond donors (Lipinski definition) is 2. The molecule has 9 nitrogen and oxygen atoms in total. The van der Waals surface area contributed by atoms with Crippen LogP contribution in [0, 0.1) is 5.82 Å². The Labute approximate surface area is 177 Å². The Morgan fingerprint density at radius 2 is 2.00 bits per heavy atom. The lowest BCUT2D eigenvalue weighted by Crippen LogP contribution is -2.24. The summed E-state index contributed by atoms with van der Waals surface area (Å²) in [7, 11) is 0. The molecule has 1 aromatic heterocycles. The fourth-order valence-electron chi connectivity index (χ4n) is 3.43. The topological polar surface area (TPSA) is 129 Å². The smallest absolute Gasteiger partial charge is 0.414 e. The van der Waals surface area contributed by atoms with Gasteiger partial charge in [0.25, 0.3) is 5.91 Å². The highest BCUT2D eigenvalue weighted by Crippen LogP contribution is 2.29. The van der Waals surface area contributed by atoms with Crippen molar-refractivity contribution in [3.05, 3.63) is 59.5 Å². The molecule has 3 aromatic rings. The van der Waals surface area contributed by atoms with E-state index in [0.717, 1.165) is 5.56 Å². The molecule has 0 spiro atoms. The van der Waals surface area contributed by atoms with E-state index >= 15 is 0 Å². The van der Waals surface area contributed by atoms with Gasteiger partial charge < -0.3 is 16.2 Å². The second-order valence-corrected chi connectivity index (χ2v) is 7.23. The SMILES string of the molecule is CC[C@H]1CN(c2ccc(-c3ccc(Cn4nnc(C(N)=O)c4N)cc3)c(F)c2)C(=O)O1. The number of nitrogens with two attached hydrogens (primary N) is 2. The number of primary amides is 1. The standard InChI is InChI=1S/C21H21FN6O3/c1-2-15-11-27(21(30)31-15)14-7-8-16(17(22)9-14)13-5-3-12(4-6-13)10-28-19(23)18(20(24)29)25-26-28/h3-9,15H,2,10-11,23H2,1H3,(H2,24,29)/t15-/m0/s1. The fourth-order valence-corrected chi connectivity index (χ4v) is 3.43. The normalized spacial score (nSPS) is 15.9. The van der Waals surface area contributed by atoms with Gasteiger partial charge in [0.05, 0.1) is 18.8 Å². The van der Waals surface area contributed by atoms with Crippen molar-refractivity contribution in [3.8, 4) is 11.1 Å². The highest BCUT2D eigenvalue weighted by Gasteiger charge is 2.31. The summed E-state index contributed by atoms with van der Waals surface area (Å²) in [4.78, 5) is 24.7. The Morgan fingerprint density at radius 3 is 2.58 bits per heavy atom. The summed E-state index contributed by atoms with van der Waals surface area (Å²) < 4.78 is 21.4. The minimum absolute atomic E-state index is 0.0778. The average molecular weight is 424 g/mol. The lowest BCUT2D eigenvalue weighted by Gasteiger charge is -2.14. The van der Waals surface area contributed by atoms with Gasteiger partial charge in [0, 0.05) is 5.56 Å². The van der Waals surface area contributed by atoms with E-state index < -0.39 is 17.8 Å². The van der Waals surface area contributed by atoms with Gasteiger partial charge in [-0.25, -0.2) is 13.9 Å². The molecular formula is C21H21FN6O3. The summed E-state index contributed by atoms with van der Waals surface area (Å²) in [5.41, 5.74) is 13.3. The third-order valence-corrected chi connectivity index (χ3v) is 5.20. The third-order valence-electron chi connectivity index (χ3n) is 5.20. The van der Waals surface area contributed by atoms with E-state index in [0.29, 0.717) is 29.8 Å². The molecule has 1 aliphatic rings. The first-order valence-corrected chi connectivity index (χ1v) is 9.73. The van der Waals surface area contributed by atoms with Crippen molar-refractivity contribution >= 4 is 23.5 Å². The highest BCUT2D eigenvalue weighted by molar-refractivity contribution is 5.95. The molecule has 10 heteroatoms. The van der Waals surface area contributed by atoms with E-state index in [-0.39, 0.29) is 24.2 Å². The molecule has 4 rings (SSSR count).